The van der Waals surface area contributed by atoms with Gasteiger partial charge in [-0.1, -0.05) is 0 Å². The van der Waals surface area contributed by atoms with Crippen LogP contribution in [-0.2, 0) is 10.3 Å². The summed E-state index contributed by atoms with van der Waals surface area (Å²) in [5.41, 5.74) is 1.16. The van der Waals surface area contributed by atoms with E-state index in [1.165, 1.54) is 0 Å². The van der Waals surface area contributed by atoms with E-state index in [1.54, 1.807) is 0 Å². The third kappa shape index (κ3) is 2.03. The van der Waals surface area contributed by atoms with Crippen molar-refractivity contribution in [2.45, 2.75) is 38.6 Å². The Bertz CT molecular complexity index is 375. The number of aromatic nitrogens is 2. The van der Waals surface area contributed by atoms with Gasteiger partial charge in [-0.15, -0.1) is 0 Å². The van der Waals surface area contributed by atoms with Crippen molar-refractivity contribution in [3.63, 3.8) is 0 Å². The standard InChI is InChI=1S/C11H17N3O/c1-11(2,3)14-7-9(6-13-14)8-4-10(15)12-5-8/h6-8H,4-5H2,1-3H3,(H,12,15). The first kappa shape index (κ1) is 10.2. The summed E-state index contributed by atoms with van der Waals surface area (Å²) < 4.78 is 1.95. The van der Waals surface area contributed by atoms with Crippen LogP contribution in [0.5, 0.6) is 0 Å². The largest absolute Gasteiger partial charge is 0.355 e. The molecule has 0 aromatic carbocycles. The van der Waals surface area contributed by atoms with Crippen molar-refractivity contribution in [3.05, 3.63) is 18.0 Å². The summed E-state index contributed by atoms with van der Waals surface area (Å²) in [6, 6.07) is 0. The van der Waals surface area contributed by atoms with Crippen LogP contribution >= 0.6 is 0 Å². The summed E-state index contributed by atoms with van der Waals surface area (Å²) in [6.07, 6.45) is 4.51. The van der Waals surface area contributed by atoms with Gasteiger partial charge in [0, 0.05) is 25.1 Å². The second-order valence-electron chi connectivity index (χ2n) is 5.09. The molecule has 0 radical (unpaired) electrons. The molecular formula is C11H17N3O. The van der Waals surface area contributed by atoms with Crippen molar-refractivity contribution < 1.29 is 4.79 Å². The zero-order valence-corrected chi connectivity index (χ0v) is 9.45. The molecule has 4 heteroatoms. The van der Waals surface area contributed by atoms with Gasteiger partial charge in [-0.3, -0.25) is 9.48 Å². The van der Waals surface area contributed by atoms with Crippen LogP contribution in [0.1, 0.15) is 38.7 Å². The van der Waals surface area contributed by atoms with E-state index < -0.39 is 0 Å². The lowest BCUT2D eigenvalue weighted by Gasteiger charge is -2.18. The maximum absolute atomic E-state index is 11.1. The molecule has 0 aliphatic carbocycles. The molecule has 2 rings (SSSR count). The molecule has 1 unspecified atom stereocenters. The molecule has 15 heavy (non-hydrogen) atoms. The van der Waals surface area contributed by atoms with E-state index in [1.807, 2.05) is 17.1 Å². The van der Waals surface area contributed by atoms with Crippen LogP contribution in [0.25, 0.3) is 0 Å². The fourth-order valence-electron chi connectivity index (χ4n) is 1.76. The van der Waals surface area contributed by atoms with E-state index in [9.17, 15) is 4.79 Å². The summed E-state index contributed by atoms with van der Waals surface area (Å²) in [4.78, 5) is 11.1. The van der Waals surface area contributed by atoms with Crippen molar-refractivity contribution in [2.24, 2.45) is 0 Å². The molecule has 1 amide bonds. The highest BCUT2D eigenvalue weighted by molar-refractivity contribution is 5.79. The van der Waals surface area contributed by atoms with E-state index >= 15 is 0 Å². The SMILES string of the molecule is CC(C)(C)n1cc(C2CNC(=O)C2)cn1. The average Bonchev–Trinajstić information content (AvgIpc) is 2.69. The zero-order chi connectivity index (χ0) is 11.1. The fourth-order valence-corrected chi connectivity index (χ4v) is 1.76. The first-order chi connectivity index (χ1) is 6.97. The van der Waals surface area contributed by atoms with Crippen LogP contribution in [-0.4, -0.2) is 22.2 Å². The van der Waals surface area contributed by atoms with Gasteiger partial charge >= 0.3 is 0 Å². The highest BCUT2D eigenvalue weighted by Gasteiger charge is 2.25. The van der Waals surface area contributed by atoms with Gasteiger partial charge in [0.05, 0.1) is 11.7 Å². The van der Waals surface area contributed by atoms with Gasteiger partial charge in [-0.25, -0.2) is 0 Å². The smallest absolute Gasteiger partial charge is 0.220 e. The number of amides is 1. The Morgan fingerprint density at radius 2 is 2.27 bits per heavy atom. The van der Waals surface area contributed by atoms with Crippen molar-refractivity contribution in [1.29, 1.82) is 0 Å². The Balaban J connectivity index is 2.17. The summed E-state index contributed by atoms with van der Waals surface area (Å²) in [7, 11) is 0. The third-order valence-corrected chi connectivity index (χ3v) is 2.74. The van der Waals surface area contributed by atoms with Crippen LogP contribution in [0.15, 0.2) is 12.4 Å². The maximum atomic E-state index is 11.1. The van der Waals surface area contributed by atoms with E-state index in [0.717, 1.165) is 12.1 Å². The number of nitrogens with one attached hydrogen (secondary N) is 1. The first-order valence-corrected chi connectivity index (χ1v) is 5.28. The van der Waals surface area contributed by atoms with E-state index in [2.05, 4.69) is 31.2 Å². The van der Waals surface area contributed by atoms with Crippen LogP contribution in [0.2, 0.25) is 0 Å². The van der Waals surface area contributed by atoms with E-state index in [-0.39, 0.29) is 11.4 Å². The lowest BCUT2D eigenvalue weighted by atomic mass is 10.0. The first-order valence-electron chi connectivity index (χ1n) is 5.28. The molecule has 1 fully saturated rings. The Hall–Kier alpha value is -1.32. The summed E-state index contributed by atoms with van der Waals surface area (Å²) in [5.74, 6) is 0.442. The molecule has 1 aliphatic heterocycles. The van der Waals surface area contributed by atoms with Crippen LogP contribution in [0, 0.1) is 0 Å². The summed E-state index contributed by atoms with van der Waals surface area (Å²) >= 11 is 0. The minimum atomic E-state index is 0.00823. The van der Waals surface area contributed by atoms with Gasteiger partial charge < -0.3 is 5.32 Å². The van der Waals surface area contributed by atoms with Crippen molar-refractivity contribution in [1.82, 2.24) is 15.1 Å². The van der Waals surface area contributed by atoms with Crippen molar-refractivity contribution in [2.75, 3.05) is 6.54 Å². The van der Waals surface area contributed by atoms with Gasteiger partial charge in [0.15, 0.2) is 0 Å². The molecule has 2 heterocycles. The lowest BCUT2D eigenvalue weighted by molar-refractivity contribution is -0.119. The molecule has 0 spiro atoms. The number of hydrogen-bond donors (Lipinski definition) is 1. The Morgan fingerprint density at radius 1 is 1.53 bits per heavy atom. The lowest BCUT2D eigenvalue weighted by Crippen LogP contribution is -2.22. The molecule has 1 N–H and O–H groups in total. The van der Waals surface area contributed by atoms with Gasteiger partial charge in [0.2, 0.25) is 5.91 Å². The molecule has 1 saturated heterocycles. The predicted octanol–water partition coefficient (Wildman–Crippen LogP) is 1.24. The minimum Gasteiger partial charge on any atom is -0.355 e. The molecule has 0 saturated carbocycles. The van der Waals surface area contributed by atoms with Gasteiger partial charge in [0.25, 0.3) is 0 Å². The zero-order valence-electron chi connectivity index (χ0n) is 9.45. The number of carbonyl (C=O) groups excluding carboxylic acids is 1. The molecular weight excluding hydrogens is 190 g/mol. The second kappa shape index (κ2) is 3.36. The molecule has 1 aromatic rings. The highest BCUT2D eigenvalue weighted by atomic mass is 16.1. The number of carbonyl (C=O) groups is 1. The van der Waals surface area contributed by atoms with Crippen LogP contribution in [0.3, 0.4) is 0 Å². The predicted molar refractivity (Wildman–Crippen MR) is 57.6 cm³/mol. The van der Waals surface area contributed by atoms with Crippen LogP contribution in [0.4, 0.5) is 0 Å². The molecule has 0 bridgehead atoms. The summed E-state index contributed by atoms with van der Waals surface area (Å²) in [6.45, 7) is 7.08. The molecule has 1 aliphatic rings. The Kier molecular flexibility index (Phi) is 2.29. The second-order valence-corrected chi connectivity index (χ2v) is 5.09. The van der Waals surface area contributed by atoms with Gasteiger partial charge in [-0.2, -0.15) is 5.10 Å². The quantitative estimate of drug-likeness (QED) is 0.753. The number of nitrogens with zero attached hydrogens (tertiary/aromatic N) is 2. The topological polar surface area (TPSA) is 46.9 Å². The normalized spacial score (nSPS) is 21.8. The summed E-state index contributed by atoms with van der Waals surface area (Å²) in [5, 5.41) is 7.17. The molecule has 1 aromatic heterocycles. The average molecular weight is 207 g/mol. The van der Waals surface area contributed by atoms with Crippen LogP contribution < -0.4 is 5.32 Å². The van der Waals surface area contributed by atoms with Crippen molar-refractivity contribution in [3.8, 4) is 0 Å². The highest BCUT2D eigenvalue weighted by Crippen LogP contribution is 2.24. The molecule has 4 nitrogen and oxygen atoms in total. The Labute approximate surface area is 89.7 Å². The Morgan fingerprint density at radius 3 is 2.73 bits per heavy atom. The fraction of sp³-hybridized carbons (Fsp3) is 0.636. The van der Waals surface area contributed by atoms with Gasteiger partial charge in [0.1, 0.15) is 0 Å². The van der Waals surface area contributed by atoms with Crippen molar-refractivity contribution >= 4 is 5.91 Å². The molecule has 1 atom stereocenters. The number of rotatable bonds is 1. The van der Waals surface area contributed by atoms with Gasteiger partial charge in [-0.05, 0) is 26.3 Å². The maximum Gasteiger partial charge on any atom is 0.220 e. The van der Waals surface area contributed by atoms with E-state index in [0.29, 0.717) is 12.3 Å². The minimum absolute atomic E-state index is 0.00823. The monoisotopic (exact) mass is 207 g/mol. The third-order valence-electron chi connectivity index (χ3n) is 2.74. The van der Waals surface area contributed by atoms with E-state index in [4.69, 9.17) is 0 Å². The number of hydrogen-bond acceptors (Lipinski definition) is 2. The molecule has 82 valence electrons.